The van der Waals surface area contributed by atoms with Crippen molar-refractivity contribution in [3.63, 3.8) is 0 Å². The largest absolute Gasteiger partial charge is 0.416 e. The van der Waals surface area contributed by atoms with Crippen LogP contribution < -0.4 is 4.57 Å². The highest BCUT2D eigenvalue weighted by Gasteiger charge is 2.34. The van der Waals surface area contributed by atoms with E-state index >= 15 is 0 Å². The van der Waals surface area contributed by atoms with Gasteiger partial charge in [-0.25, -0.2) is 13.5 Å². The van der Waals surface area contributed by atoms with Gasteiger partial charge >= 0.3 is 6.18 Å². The minimum Gasteiger partial charge on any atom is -0.235 e. The average molecular weight is 287 g/mol. The highest BCUT2D eigenvalue weighted by molar-refractivity contribution is 5.29. The molecule has 0 saturated heterocycles. The molecule has 0 unspecified atom stereocenters. The SMILES string of the molecule is CCn1cc[n+](Cc2ccc(F)cc2C(F)(F)F)c1C. The van der Waals surface area contributed by atoms with E-state index in [4.69, 9.17) is 0 Å². The minimum absolute atomic E-state index is 0.0563. The van der Waals surface area contributed by atoms with Crippen LogP contribution in [0, 0.1) is 12.7 Å². The summed E-state index contributed by atoms with van der Waals surface area (Å²) in [7, 11) is 0. The second kappa shape index (κ2) is 5.26. The maximum Gasteiger partial charge on any atom is 0.416 e. The predicted molar refractivity (Wildman–Crippen MR) is 65.5 cm³/mol. The van der Waals surface area contributed by atoms with Gasteiger partial charge in [-0.1, -0.05) is 6.07 Å². The second-order valence-corrected chi connectivity index (χ2v) is 4.56. The molecule has 0 saturated carbocycles. The zero-order chi connectivity index (χ0) is 14.9. The number of imidazole rings is 1. The lowest BCUT2D eigenvalue weighted by Crippen LogP contribution is -2.37. The van der Waals surface area contributed by atoms with E-state index in [1.807, 2.05) is 24.6 Å². The van der Waals surface area contributed by atoms with Gasteiger partial charge in [0, 0.05) is 12.5 Å². The monoisotopic (exact) mass is 287 g/mol. The average Bonchev–Trinajstić information content (AvgIpc) is 2.71. The first-order valence-electron chi connectivity index (χ1n) is 6.23. The Hall–Kier alpha value is -1.85. The number of alkyl halides is 3. The predicted octanol–water partition coefficient (Wildman–Crippen LogP) is 3.31. The molecule has 0 aliphatic rings. The third-order valence-electron chi connectivity index (χ3n) is 3.32. The van der Waals surface area contributed by atoms with Gasteiger partial charge in [0.05, 0.1) is 12.1 Å². The maximum atomic E-state index is 13.0. The molecule has 0 bridgehead atoms. The maximum absolute atomic E-state index is 13.0. The Labute approximate surface area is 114 Å². The van der Waals surface area contributed by atoms with Crippen molar-refractivity contribution in [2.75, 3.05) is 0 Å². The van der Waals surface area contributed by atoms with Gasteiger partial charge in [0.1, 0.15) is 24.8 Å². The Bertz CT molecular complexity index is 614. The highest BCUT2D eigenvalue weighted by Crippen LogP contribution is 2.32. The van der Waals surface area contributed by atoms with E-state index in [2.05, 4.69) is 0 Å². The van der Waals surface area contributed by atoms with Gasteiger partial charge in [-0.2, -0.15) is 13.2 Å². The van der Waals surface area contributed by atoms with Crippen LogP contribution in [0.15, 0.2) is 30.6 Å². The number of halogens is 4. The van der Waals surface area contributed by atoms with Crippen molar-refractivity contribution in [3.8, 4) is 0 Å². The standard InChI is InChI=1S/C14H15F4N2/c1-3-19-6-7-20(10(19)2)9-11-4-5-12(15)8-13(11)14(16,17)18/h4-8H,3,9H2,1-2H3/q+1. The first-order chi connectivity index (χ1) is 9.32. The van der Waals surface area contributed by atoms with Crippen molar-refractivity contribution < 1.29 is 22.1 Å². The molecule has 0 amide bonds. The third-order valence-corrected chi connectivity index (χ3v) is 3.32. The third kappa shape index (κ3) is 2.84. The van der Waals surface area contributed by atoms with Gasteiger partial charge in [0.15, 0.2) is 0 Å². The summed E-state index contributed by atoms with van der Waals surface area (Å²) in [6.07, 6.45) is -1.02. The lowest BCUT2D eigenvalue weighted by atomic mass is 10.1. The normalized spacial score (nSPS) is 11.9. The number of benzene rings is 1. The topological polar surface area (TPSA) is 8.81 Å². The van der Waals surface area contributed by atoms with Gasteiger partial charge in [-0.15, -0.1) is 0 Å². The van der Waals surface area contributed by atoms with Crippen molar-refractivity contribution in [1.29, 1.82) is 0 Å². The van der Waals surface area contributed by atoms with E-state index in [9.17, 15) is 17.6 Å². The molecule has 1 aromatic heterocycles. The van der Waals surface area contributed by atoms with Crippen LogP contribution in [-0.4, -0.2) is 4.57 Å². The molecular formula is C14H15F4N2+. The van der Waals surface area contributed by atoms with Crippen LogP contribution in [0.4, 0.5) is 17.6 Å². The smallest absolute Gasteiger partial charge is 0.235 e. The van der Waals surface area contributed by atoms with Crippen molar-refractivity contribution in [3.05, 3.63) is 53.4 Å². The van der Waals surface area contributed by atoms with Crippen molar-refractivity contribution >= 4 is 0 Å². The number of nitrogens with zero attached hydrogens (tertiary/aromatic N) is 2. The summed E-state index contributed by atoms with van der Waals surface area (Å²) in [6.45, 7) is 4.60. The summed E-state index contributed by atoms with van der Waals surface area (Å²) < 4.78 is 55.5. The molecular weight excluding hydrogens is 272 g/mol. The molecule has 0 spiro atoms. The summed E-state index contributed by atoms with van der Waals surface area (Å²) in [5.74, 6) is -0.0288. The van der Waals surface area contributed by atoms with Crippen LogP contribution >= 0.6 is 0 Å². The van der Waals surface area contributed by atoms with E-state index in [-0.39, 0.29) is 12.1 Å². The van der Waals surface area contributed by atoms with Crippen LogP contribution in [0.5, 0.6) is 0 Å². The number of hydrogen-bond donors (Lipinski definition) is 0. The van der Waals surface area contributed by atoms with Crippen LogP contribution in [0.1, 0.15) is 23.9 Å². The summed E-state index contributed by atoms with van der Waals surface area (Å²) in [5, 5.41) is 0. The van der Waals surface area contributed by atoms with Crippen molar-refractivity contribution in [2.45, 2.75) is 33.1 Å². The Balaban J connectivity index is 2.41. The molecule has 20 heavy (non-hydrogen) atoms. The van der Waals surface area contributed by atoms with Gasteiger partial charge in [-0.3, -0.25) is 0 Å². The molecule has 108 valence electrons. The minimum atomic E-state index is -4.56. The van der Waals surface area contributed by atoms with E-state index in [0.717, 1.165) is 18.4 Å². The van der Waals surface area contributed by atoms with Gasteiger partial charge in [0.2, 0.25) is 0 Å². The first kappa shape index (κ1) is 14.6. The molecule has 0 N–H and O–H groups in total. The molecule has 2 nitrogen and oxygen atoms in total. The lowest BCUT2D eigenvalue weighted by molar-refractivity contribution is -0.694. The van der Waals surface area contributed by atoms with Gasteiger partial charge < -0.3 is 0 Å². The zero-order valence-corrected chi connectivity index (χ0v) is 11.2. The summed E-state index contributed by atoms with van der Waals surface area (Å²) >= 11 is 0. The van der Waals surface area contributed by atoms with Gasteiger partial charge in [-0.05, 0) is 19.1 Å². The molecule has 0 atom stereocenters. The summed E-state index contributed by atoms with van der Waals surface area (Å²) in [5.41, 5.74) is -0.866. The molecule has 0 aliphatic carbocycles. The second-order valence-electron chi connectivity index (χ2n) is 4.56. The number of hydrogen-bond acceptors (Lipinski definition) is 0. The molecule has 1 aromatic carbocycles. The van der Waals surface area contributed by atoms with Crippen LogP contribution in [0.2, 0.25) is 0 Å². The van der Waals surface area contributed by atoms with E-state index in [1.54, 1.807) is 10.8 Å². The fraction of sp³-hybridized carbons (Fsp3) is 0.357. The van der Waals surface area contributed by atoms with E-state index < -0.39 is 17.6 Å². The van der Waals surface area contributed by atoms with E-state index in [1.165, 1.54) is 6.07 Å². The molecule has 1 heterocycles. The Morgan fingerprint density at radius 1 is 1.25 bits per heavy atom. The Kier molecular flexibility index (Phi) is 3.83. The lowest BCUT2D eigenvalue weighted by Gasteiger charge is -2.12. The van der Waals surface area contributed by atoms with Crippen LogP contribution in [0.25, 0.3) is 0 Å². The first-order valence-corrected chi connectivity index (χ1v) is 6.23. The Morgan fingerprint density at radius 3 is 2.50 bits per heavy atom. The molecule has 6 heteroatoms. The zero-order valence-electron chi connectivity index (χ0n) is 11.2. The van der Waals surface area contributed by atoms with Crippen molar-refractivity contribution in [2.24, 2.45) is 0 Å². The number of aromatic nitrogens is 2. The molecule has 0 radical (unpaired) electrons. The van der Waals surface area contributed by atoms with E-state index in [0.29, 0.717) is 6.07 Å². The molecule has 2 rings (SSSR count). The fourth-order valence-corrected chi connectivity index (χ4v) is 2.18. The molecule has 2 aromatic rings. The quantitative estimate of drug-likeness (QED) is 0.605. The van der Waals surface area contributed by atoms with Crippen LogP contribution in [-0.2, 0) is 19.3 Å². The molecule has 0 aliphatic heterocycles. The summed E-state index contributed by atoms with van der Waals surface area (Å²) in [6, 6.07) is 2.78. The van der Waals surface area contributed by atoms with Crippen LogP contribution in [0.3, 0.4) is 0 Å². The highest BCUT2D eigenvalue weighted by atomic mass is 19.4. The van der Waals surface area contributed by atoms with Crippen molar-refractivity contribution in [1.82, 2.24) is 4.57 Å². The summed E-state index contributed by atoms with van der Waals surface area (Å²) in [4.78, 5) is 0. The number of aryl methyl sites for hydroxylation is 1. The molecule has 0 fully saturated rings. The number of rotatable bonds is 3. The van der Waals surface area contributed by atoms with Gasteiger partial charge in [0.25, 0.3) is 5.82 Å². The fourth-order valence-electron chi connectivity index (χ4n) is 2.18. The Morgan fingerprint density at radius 2 is 1.95 bits per heavy atom.